The summed E-state index contributed by atoms with van der Waals surface area (Å²) in [5, 5.41) is 0. The lowest BCUT2D eigenvalue weighted by atomic mass is 9.74. The van der Waals surface area contributed by atoms with E-state index in [1.54, 1.807) is 0 Å². The van der Waals surface area contributed by atoms with Gasteiger partial charge in [-0.15, -0.1) is 0 Å². The molecule has 0 saturated heterocycles. The monoisotopic (exact) mass is 500 g/mol. The Morgan fingerprint density at radius 1 is 1.15 bits per heavy atom. The molecule has 1 aliphatic rings. The zero-order valence-corrected chi connectivity index (χ0v) is 14.3. The highest BCUT2D eigenvalue weighted by Crippen LogP contribution is 2.46. The number of carbonyl (C=O) groups excluding carboxylic acids is 2. The van der Waals surface area contributed by atoms with E-state index in [-0.39, 0.29) is 6.42 Å². The van der Waals surface area contributed by atoms with Crippen molar-refractivity contribution in [1.29, 1.82) is 0 Å². The molecule has 104 valence electrons. The molecule has 0 atom stereocenters. The van der Waals surface area contributed by atoms with Crippen LogP contribution in [-0.2, 0) is 9.59 Å². The van der Waals surface area contributed by atoms with E-state index < -0.39 is 17.1 Å². The largest absolute Gasteiger partial charge is 0.302 e. The Morgan fingerprint density at radius 3 is 2.35 bits per heavy atom. The normalized spacial score (nSPS) is 17.7. The van der Waals surface area contributed by atoms with E-state index in [4.69, 9.17) is 0 Å². The Balaban J connectivity index is 2.74. The minimum absolute atomic E-state index is 0.296. The van der Waals surface area contributed by atoms with Crippen molar-refractivity contribution in [3.63, 3.8) is 0 Å². The highest BCUT2D eigenvalue weighted by atomic mass is 127. The first-order chi connectivity index (χ1) is 9.43. The van der Waals surface area contributed by atoms with Crippen LogP contribution in [0.1, 0.15) is 12.0 Å². The van der Waals surface area contributed by atoms with Gasteiger partial charge in [0, 0.05) is 13.6 Å². The van der Waals surface area contributed by atoms with Crippen LogP contribution in [0.3, 0.4) is 0 Å². The molecule has 20 heavy (non-hydrogen) atoms. The predicted octanol–water partition coefficient (Wildman–Crippen LogP) is 4.22. The maximum Gasteiger partial charge on any atom is 0.138 e. The fourth-order valence-electron chi connectivity index (χ4n) is 2.15. The van der Waals surface area contributed by atoms with Crippen LogP contribution in [0.2, 0.25) is 0 Å². The molecule has 6 heteroatoms. The van der Waals surface area contributed by atoms with Crippen LogP contribution in [0.5, 0.6) is 0 Å². The van der Waals surface area contributed by atoms with E-state index in [0.717, 1.165) is 0 Å². The molecule has 2 nitrogen and oxygen atoms in total. The minimum atomic E-state index is -1.55. The number of benzene rings is 1. The molecule has 0 spiro atoms. The summed E-state index contributed by atoms with van der Waals surface area (Å²) < 4.78 is 27.8. The molecule has 0 saturated carbocycles. The van der Waals surface area contributed by atoms with Gasteiger partial charge in [0.2, 0.25) is 0 Å². The Labute approximate surface area is 141 Å². The van der Waals surface area contributed by atoms with Gasteiger partial charge in [0.15, 0.2) is 0 Å². The molecule has 0 aromatic heterocycles. The van der Waals surface area contributed by atoms with Crippen LogP contribution in [0, 0.1) is 14.8 Å². The lowest BCUT2D eigenvalue weighted by molar-refractivity contribution is -0.123. The topological polar surface area (TPSA) is 34.1 Å². The number of carbonyl (C=O) groups is 2. The van der Waals surface area contributed by atoms with E-state index in [2.05, 4.69) is 0 Å². The van der Waals surface area contributed by atoms with Crippen molar-refractivity contribution in [3.05, 3.63) is 48.6 Å². The average Bonchev–Trinajstić information content (AvgIpc) is 2.39. The second-order valence-electron chi connectivity index (χ2n) is 4.39. The molecule has 0 amide bonds. The van der Waals surface area contributed by atoms with Gasteiger partial charge in [-0.1, -0.05) is 6.07 Å². The van der Waals surface area contributed by atoms with Crippen molar-refractivity contribution in [2.24, 2.45) is 5.41 Å². The molecule has 0 heterocycles. The second-order valence-corrected chi connectivity index (χ2v) is 6.72. The quantitative estimate of drug-likeness (QED) is 0.354. The molecule has 1 aliphatic carbocycles. The highest BCUT2D eigenvalue weighted by molar-refractivity contribution is 14.1. The van der Waals surface area contributed by atoms with Gasteiger partial charge in [0.05, 0.1) is 0 Å². The molecule has 1 aromatic rings. The smallest absolute Gasteiger partial charge is 0.138 e. The minimum Gasteiger partial charge on any atom is -0.302 e. The summed E-state index contributed by atoms with van der Waals surface area (Å²) >= 11 is 3.81. The molecular formula is C14H8F2I2O2. The zero-order valence-electron chi connectivity index (χ0n) is 10.00. The zero-order chi connectivity index (χ0) is 14.9. The Morgan fingerprint density at radius 2 is 1.80 bits per heavy atom. The number of aldehydes is 2. The summed E-state index contributed by atoms with van der Waals surface area (Å²) in [7, 11) is 0. The Bertz CT molecular complexity index is 643. The van der Waals surface area contributed by atoms with Crippen LogP contribution < -0.4 is 0 Å². The number of rotatable bonds is 3. The highest BCUT2D eigenvalue weighted by Gasteiger charge is 2.40. The molecule has 0 radical (unpaired) electrons. The third kappa shape index (κ3) is 2.72. The molecule has 0 N–H and O–H groups in total. The van der Waals surface area contributed by atoms with Crippen molar-refractivity contribution in [3.8, 4) is 0 Å². The fourth-order valence-corrected chi connectivity index (χ4v) is 4.03. The van der Waals surface area contributed by atoms with E-state index in [9.17, 15) is 18.4 Å². The maximum atomic E-state index is 13.6. The number of hydrogen-bond acceptors (Lipinski definition) is 2. The van der Waals surface area contributed by atoms with Gasteiger partial charge in [-0.05, 0) is 74.5 Å². The Hall–Kier alpha value is -0.640. The summed E-state index contributed by atoms with van der Waals surface area (Å²) in [4.78, 5) is 22.9. The predicted molar refractivity (Wildman–Crippen MR) is 88.4 cm³/mol. The van der Waals surface area contributed by atoms with Crippen LogP contribution in [0.15, 0.2) is 33.7 Å². The van der Waals surface area contributed by atoms with Crippen molar-refractivity contribution < 1.29 is 18.4 Å². The molecule has 0 aliphatic heterocycles. The van der Waals surface area contributed by atoms with Gasteiger partial charge in [-0.25, -0.2) is 8.78 Å². The molecular weight excluding hydrogens is 492 g/mol. The lowest BCUT2D eigenvalue weighted by Crippen LogP contribution is -2.29. The molecule has 0 unspecified atom stereocenters. The van der Waals surface area contributed by atoms with E-state index in [1.165, 1.54) is 24.3 Å². The average molecular weight is 500 g/mol. The van der Waals surface area contributed by atoms with E-state index >= 15 is 0 Å². The van der Waals surface area contributed by atoms with Crippen molar-refractivity contribution in [2.45, 2.75) is 6.42 Å². The maximum absolute atomic E-state index is 13.6. The summed E-state index contributed by atoms with van der Waals surface area (Å²) in [6.45, 7) is 0. The first-order valence-corrected chi connectivity index (χ1v) is 7.73. The van der Waals surface area contributed by atoms with Gasteiger partial charge in [0.25, 0.3) is 0 Å². The van der Waals surface area contributed by atoms with E-state index in [0.29, 0.717) is 30.9 Å². The van der Waals surface area contributed by atoms with Gasteiger partial charge in [-0.2, -0.15) is 0 Å². The SMILES string of the molecule is O=CC1(C=O)CC(F)=CC(I)=C1c1ccc(F)cc1I. The molecule has 2 rings (SSSR count). The van der Waals surface area contributed by atoms with Crippen LogP contribution in [0.25, 0.3) is 5.57 Å². The van der Waals surface area contributed by atoms with Crippen LogP contribution >= 0.6 is 45.2 Å². The first kappa shape index (κ1) is 15.7. The van der Waals surface area contributed by atoms with Gasteiger partial charge in [0.1, 0.15) is 29.6 Å². The van der Waals surface area contributed by atoms with Gasteiger partial charge >= 0.3 is 0 Å². The molecule has 0 fully saturated rings. The van der Waals surface area contributed by atoms with Crippen LogP contribution in [-0.4, -0.2) is 12.6 Å². The molecule has 0 bridgehead atoms. The number of hydrogen-bond donors (Lipinski definition) is 0. The summed E-state index contributed by atoms with van der Waals surface area (Å²) in [5.41, 5.74) is -0.555. The third-order valence-electron chi connectivity index (χ3n) is 3.07. The Kier molecular flexibility index (Phi) is 4.73. The van der Waals surface area contributed by atoms with Gasteiger partial charge in [-0.3, -0.25) is 0 Å². The van der Waals surface area contributed by atoms with Crippen LogP contribution in [0.4, 0.5) is 8.78 Å². The lowest BCUT2D eigenvalue weighted by Gasteiger charge is -2.29. The first-order valence-electron chi connectivity index (χ1n) is 5.58. The summed E-state index contributed by atoms with van der Waals surface area (Å²) in [6, 6.07) is 4.06. The summed E-state index contributed by atoms with van der Waals surface area (Å²) in [6.07, 6.45) is 1.91. The number of halogens is 4. The third-order valence-corrected chi connectivity index (χ3v) is 4.81. The number of allylic oxidation sites excluding steroid dienone is 4. The van der Waals surface area contributed by atoms with Crippen molar-refractivity contribution >= 4 is 63.3 Å². The van der Waals surface area contributed by atoms with Gasteiger partial charge < -0.3 is 9.59 Å². The standard InChI is InChI=1S/C14H8F2I2O2/c15-8-1-2-10(11(17)3-8)13-12(18)4-9(16)5-14(13,6-19)7-20/h1-4,6-7H,5H2. The van der Waals surface area contributed by atoms with E-state index in [1.807, 2.05) is 45.2 Å². The molecule has 1 aromatic carbocycles. The van der Waals surface area contributed by atoms with Crippen molar-refractivity contribution in [2.75, 3.05) is 0 Å². The fraction of sp³-hybridized carbons (Fsp3) is 0.143. The summed E-state index contributed by atoms with van der Waals surface area (Å²) in [5.74, 6) is -0.927. The second kappa shape index (κ2) is 6.00. The van der Waals surface area contributed by atoms with Crippen molar-refractivity contribution in [1.82, 2.24) is 0 Å².